The van der Waals surface area contributed by atoms with E-state index in [0.29, 0.717) is 5.69 Å². The summed E-state index contributed by atoms with van der Waals surface area (Å²) in [7, 11) is 1.59. The molecule has 1 heterocycles. The first-order valence-corrected chi connectivity index (χ1v) is 4.39. The summed E-state index contributed by atoms with van der Waals surface area (Å²) in [5.41, 5.74) is 1.51. The third-order valence-corrected chi connectivity index (χ3v) is 1.38. The maximum Gasteiger partial charge on any atom is 0.269 e. The van der Waals surface area contributed by atoms with Crippen LogP contribution < -0.4 is 5.32 Å². The second kappa shape index (κ2) is 6.17. The number of amides is 1. The van der Waals surface area contributed by atoms with Crippen LogP contribution in [-0.4, -0.2) is 17.9 Å². The zero-order chi connectivity index (χ0) is 10.3. The number of aromatic nitrogens is 1. The molecule has 3 nitrogen and oxygen atoms in total. The monoisotopic (exact) mass is 180 g/mol. The Labute approximate surface area is 79.2 Å². The van der Waals surface area contributed by atoms with Gasteiger partial charge in [-0.25, -0.2) is 0 Å². The number of carbonyl (C=O) groups is 1. The lowest BCUT2D eigenvalue weighted by Crippen LogP contribution is -2.19. The smallest absolute Gasteiger partial charge is 0.269 e. The van der Waals surface area contributed by atoms with E-state index >= 15 is 0 Å². The number of nitrogens with zero attached hydrogens (tertiary/aromatic N) is 1. The van der Waals surface area contributed by atoms with Crippen molar-refractivity contribution in [1.29, 1.82) is 0 Å². The van der Waals surface area contributed by atoms with Gasteiger partial charge in [0.05, 0.1) is 0 Å². The number of nitrogens with one attached hydrogen (secondary N) is 1. The van der Waals surface area contributed by atoms with Gasteiger partial charge in [-0.15, -0.1) is 0 Å². The molecule has 0 atom stereocenters. The molecule has 1 aromatic heterocycles. The predicted octanol–water partition coefficient (Wildman–Crippen LogP) is 1.78. The molecule has 0 fully saturated rings. The SMILES string of the molecule is CC.CNC(=O)c1cc(C)ccn1. The normalized spacial score (nSPS) is 8.31. The topological polar surface area (TPSA) is 42.0 Å². The number of hydrogen-bond donors (Lipinski definition) is 1. The molecule has 0 spiro atoms. The molecule has 72 valence electrons. The van der Waals surface area contributed by atoms with Crippen molar-refractivity contribution in [1.82, 2.24) is 10.3 Å². The van der Waals surface area contributed by atoms with Crippen molar-refractivity contribution in [2.24, 2.45) is 0 Å². The number of rotatable bonds is 1. The minimum Gasteiger partial charge on any atom is -0.354 e. The highest BCUT2D eigenvalue weighted by Crippen LogP contribution is 1.98. The van der Waals surface area contributed by atoms with Crippen molar-refractivity contribution in [3.05, 3.63) is 29.6 Å². The van der Waals surface area contributed by atoms with E-state index in [1.54, 1.807) is 19.3 Å². The summed E-state index contributed by atoms with van der Waals surface area (Å²) in [6, 6.07) is 3.60. The van der Waals surface area contributed by atoms with E-state index in [-0.39, 0.29) is 5.91 Å². The quantitative estimate of drug-likeness (QED) is 0.715. The molecule has 13 heavy (non-hydrogen) atoms. The molecule has 0 aliphatic carbocycles. The van der Waals surface area contributed by atoms with Crippen LogP contribution in [0.3, 0.4) is 0 Å². The number of aryl methyl sites for hydroxylation is 1. The fourth-order valence-corrected chi connectivity index (χ4v) is 0.788. The average Bonchev–Trinajstić information content (AvgIpc) is 2.20. The molecular weight excluding hydrogens is 164 g/mol. The Bertz CT molecular complexity index is 271. The zero-order valence-electron chi connectivity index (χ0n) is 8.59. The lowest BCUT2D eigenvalue weighted by atomic mass is 10.2. The summed E-state index contributed by atoms with van der Waals surface area (Å²) < 4.78 is 0. The Morgan fingerprint density at radius 3 is 2.54 bits per heavy atom. The molecule has 0 saturated carbocycles. The summed E-state index contributed by atoms with van der Waals surface area (Å²) in [5, 5.41) is 2.51. The van der Waals surface area contributed by atoms with E-state index in [1.165, 1.54) is 0 Å². The van der Waals surface area contributed by atoms with E-state index in [0.717, 1.165) is 5.56 Å². The molecule has 0 aromatic carbocycles. The molecule has 1 aromatic rings. The summed E-state index contributed by atoms with van der Waals surface area (Å²) >= 11 is 0. The molecule has 0 saturated heterocycles. The van der Waals surface area contributed by atoms with Crippen molar-refractivity contribution in [2.45, 2.75) is 20.8 Å². The van der Waals surface area contributed by atoms with Crippen LogP contribution in [0.5, 0.6) is 0 Å². The maximum atomic E-state index is 11.0. The Hall–Kier alpha value is -1.38. The molecule has 1 rings (SSSR count). The van der Waals surface area contributed by atoms with Gasteiger partial charge in [-0.3, -0.25) is 9.78 Å². The molecular formula is C10H16N2O. The lowest BCUT2D eigenvalue weighted by molar-refractivity contribution is 0.0958. The van der Waals surface area contributed by atoms with Crippen LogP contribution in [0.2, 0.25) is 0 Å². The van der Waals surface area contributed by atoms with Crippen LogP contribution in [-0.2, 0) is 0 Å². The minimum atomic E-state index is -0.145. The fourth-order valence-electron chi connectivity index (χ4n) is 0.788. The van der Waals surface area contributed by atoms with Gasteiger partial charge in [-0.1, -0.05) is 13.8 Å². The molecule has 1 N–H and O–H groups in total. The summed E-state index contributed by atoms with van der Waals surface area (Å²) in [6.45, 7) is 5.92. The number of carbonyl (C=O) groups excluding carboxylic acids is 1. The Morgan fingerprint density at radius 2 is 2.08 bits per heavy atom. The highest BCUT2D eigenvalue weighted by atomic mass is 16.1. The Balaban J connectivity index is 0.000000671. The van der Waals surface area contributed by atoms with Crippen molar-refractivity contribution in [3.63, 3.8) is 0 Å². The maximum absolute atomic E-state index is 11.0. The summed E-state index contributed by atoms with van der Waals surface area (Å²) in [5.74, 6) is -0.145. The number of pyridine rings is 1. The van der Waals surface area contributed by atoms with E-state index in [9.17, 15) is 4.79 Å². The second-order valence-corrected chi connectivity index (χ2v) is 2.30. The van der Waals surface area contributed by atoms with Gasteiger partial charge in [0.2, 0.25) is 0 Å². The van der Waals surface area contributed by atoms with E-state index in [4.69, 9.17) is 0 Å². The van der Waals surface area contributed by atoms with Crippen molar-refractivity contribution in [2.75, 3.05) is 7.05 Å². The molecule has 0 bridgehead atoms. The molecule has 0 unspecified atom stereocenters. The number of hydrogen-bond acceptors (Lipinski definition) is 2. The van der Waals surface area contributed by atoms with Gasteiger partial charge in [0.25, 0.3) is 5.91 Å². The van der Waals surface area contributed by atoms with E-state index in [1.807, 2.05) is 26.8 Å². The average molecular weight is 180 g/mol. The van der Waals surface area contributed by atoms with Gasteiger partial charge in [0.1, 0.15) is 5.69 Å². The molecule has 0 aliphatic rings. The van der Waals surface area contributed by atoms with Crippen LogP contribution in [0.4, 0.5) is 0 Å². The molecule has 0 aliphatic heterocycles. The first kappa shape index (κ1) is 11.6. The van der Waals surface area contributed by atoms with Gasteiger partial charge in [0, 0.05) is 13.2 Å². The van der Waals surface area contributed by atoms with Crippen molar-refractivity contribution < 1.29 is 4.79 Å². The highest BCUT2D eigenvalue weighted by Gasteiger charge is 2.02. The van der Waals surface area contributed by atoms with Gasteiger partial charge < -0.3 is 5.32 Å². The summed E-state index contributed by atoms with van der Waals surface area (Å²) in [6.07, 6.45) is 1.62. The van der Waals surface area contributed by atoms with E-state index < -0.39 is 0 Å². The van der Waals surface area contributed by atoms with Gasteiger partial charge >= 0.3 is 0 Å². The Morgan fingerprint density at radius 1 is 1.46 bits per heavy atom. The van der Waals surface area contributed by atoms with Crippen molar-refractivity contribution in [3.8, 4) is 0 Å². The van der Waals surface area contributed by atoms with Crippen molar-refractivity contribution >= 4 is 5.91 Å². The molecule has 0 radical (unpaired) electrons. The third-order valence-electron chi connectivity index (χ3n) is 1.38. The minimum absolute atomic E-state index is 0.145. The lowest BCUT2D eigenvalue weighted by Gasteiger charge is -1.98. The van der Waals surface area contributed by atoms with Crippen LogP contribution in [0.15, 0.2) is 18.3 Å². The molecule has 3 heteroatoms. The first-order chi connectivity index (χ1) is 6.24. The van der Waals surface area contributed by atoms with Crippen LogP contribution in [0.25, 0.3) is 0 Å². The van der Waals surface area contributed by atoms with E-state index in [2.05, 4.69) is 10.3 Å². The third kappa shape index (κ3) is 3.69. The summed E-state index contributed by atoms with van der Waals surface area (Å²) in [4.78, 5) is 14.9. The Kier molecular flexibility index (Phi) is 5.52. The fraction of sp³-hybridized carbons (Fsp3) is 0.400. The first-order valence-electron chi connectivity index (χ1n) is 4.39. The highest BCUT2D eigenvalue weighted by molar-refractivity contribution is 5.92. The van der Waals surface area contributed by atoms with Gasteiger partial charge in [-0.05, 0) is 24.6 Å². The zero-order valence-corrected chi connectivity index (χ0v) is 8.59. The van der Waals surface area contributed by atoms with Crippen LogP contribution >= 0.6 is 0 Å². The van der Waals surface area contributed by atoms with Crippen LogP contribution in [0.1, 0.15) is 29.9 Å². The standard InChI is InChI=1S/C8H10N2O.C2H6/c1-6-3-4-10-7(5-6)8(11)9-2;1-2/h3-5H,1-2H3,(H,9,11);1-2H3. The van der Waals surface area contributed by atoms with Gasteiger partial charge in [0.15, 0.2) is 0 Å². The predicted molar refractivity (Wildman–Crippen MR) is 53.7 cm³/mol. The second-order valence-electron chi connectivity index (χ2n) is 2.30. The largest absolute Gasteiger partial charge is 0.354 e. The molecule has 1 amide bonds. The van der Waals surface area contributed by atoms with Crippen LogP contribution in [0, 0.1) is 6.92 Å². The van der Waals surface area contributed by atoms with Gasteiger partial charge in [-0.2, -0.15) is 0 Å².